The summed E-state index contributed by atoms with van der Waals surface area (Å²) in [5.41, 5.74) is 0.265. The molecule has 18 heavy (non-hydrogen) atoms. The van der Waals surface area contributed by atoms with Crippen LogP contribution in [0.3, 0.4) is 0 Å². The fraction of sp³-hybridized carbons (Fsp3) is 0.0833. The maximum atomic E-state index is 11.7. The molecule has 0 aliphatic heterocycles. The van der Waals surface area contributed by atoms with Gasteiger partial charge in [0.05, 0.1) is 12.1 Å². The smallest absolute Gasteiger partial charge is 0.337 e. The molecular formula is C12H10N2O3S. The van der Waals surface area contributed by atoms with Crippen molar-refractivity contribution in [3.63, 3.8) is 0 Å². The molecule has 0 saturated heterocycles. The van der Waals surface area contributed by atoms with Gasteiger partial charge in [0.25, 0.3) is 5.91 Å². The van der Waals surface area contributed by atoms with Crippen molar-refractivity contribution in [2.45, 2.75) is 6.54 Å². The third kappa shape index (κ3) is 2.92. The second-order valence-corrected chi connectivity index (χ2v) is 4.53. The number of carboxylic acids is 1. The van der Waals surface area contributed by atoms with Gasteiger partial charge in [-0.05, 0) is 23.6 Å². The molecule has 2 N–H and O–H groups in total. The number of nitrogens with zero attached hydrogens (tertiary/aromatic N) is 1. The summed E-state index contributed by atoms with van der Waals surface area (Å²) in [7, 11) is 0. The van der Waals surface area contributed by atoms with Crippen molar-refractivity contribution in [1.82, 2.24) is 10.3 Å². The van der Waals surface area contributed by atoms with Gasteiger partial charge in [0, 0.05) is 11.1 Å². The van der Waals surface area contributed by atoms with Crippen molar-refractivity contribution in [2.75, 3.05) is 0 Å². The van der Waals surface area contributed by atoms with E-state index < -0.39 is 5.97 Å². The van der Waals surface area contributed by atoms with E-state index in [1.807, 2.05) is 17.5 Å². The fourth-order valence-corrected chi connectivity index (χ4v) is 1.97. The van der Waals surface area contributed by atoms with Gasteiger partial charge in [-0.15, -0.1) is 11.3 Å². The molecule has 0 radical (unpaired) electrons. The van der Waals surface area contributed by atoms with Crippen LogP contribution >= 0.6 is 11.3 Å². The molecule has 0 fully saturated rings. The van der Waals surface area contributed by atoms with Crippen LogP contribution in [0.2, 0.25) is 0 Å². The minimum absolute atomic E-state index is 0.0600. The van der Waals surface area contributed by atoms with E-state index in [1.165, 1.54) is 18.3 Å². The van der Waals surface area contributed by atoms with Crippen LogP contribution in [-0.2, 0) is 6.54 Å². The first-order valence-electron chi connectivity index (χ1n) is 5.17. The molecule has 0 aromatic carbocycles. The third-order valence-corrected chi connectivity index (χ3v) is 3.12. The number of rotatable bonds is 4. The second-order valence-electron chi connectivity index (χ2n) is 3.50. The lowest BCUT2D eigenvalue weighted by Gasteiger charge is -2.03. The predicted octanol–water partition coefficient (Wildman–Crippen LogP) is 1.77. The van der Waals surface area contributed by atoms with Gasteiger partial charge < -0.3 is 10.4 Å². The fourth-order valence-electron chi connectivity index (χ4n) is 1.33. The molecule has 2 heterocycles. The summed E-state index contributed by atoms with van der Waals surface area (Å²) in [5, 5.41) is 13.3. The van der Waals surface area contributed by atoms with Gasteiger partial charge in [0.2, 0.25) is 0 Å². The maximum absolute atomic E-state index is 11.7. The number of nitrogens with one attached hydrogen (secondary N) is 1. The molecule has 1 amide bonds. The molecule has 2 aromatic rings. The number of carbonyl (C=O) groups is 2. The Balaban J connectivity index is 1.98. The van der Waals surface area contributed by atoms with E-state index in [4.69, 9.17) is 5.11 Å². The van der Waals surface area contributed by atoms with Crippen LogP contribution in [0.25, 0.3) is 0 Å². The van der Waals surface area contributed by atoms with E-state index in [-0.39, 0.29) is 17.2 Å². The topological polar surface area (TPSA) is 79.3 Å². The van der Waals surface area contributed by atoms with E-state index in [9.17, 15) is 9.59 Å². The Morgan fingerprint density at radius 3 is 2.72 bits per heavy atom. The molecule has 2 rings (SSSR count). The van der Waals surface area contributed by atoms with E-state index >= 15 is 0 Å². The molecule has 2 aromatic heterocycles. The molecule has 92 valence electrons. The Kier molecular flexibility index (Phi) is 3.69. The van der Waals surface area contributed by atoms with Crippen molar-refractivity contribution in [2.24, 2.45) is 0 Å². The van der Waals surface area contributed by atoms with Gasteiger partial charge in [-0.2, -0.15) is 0 Å². The number of carboxylic acid groups (broad SMARTS) is 1. The third-order valence-electron chi connectivity index (χ3n) is 2.25. The summed E-state index contributed by atoms with van der Waals surface area (Å²) in [6, 6.07) is 6.58. The van der Waals surface area contributed by atoms with Crippen LogP contribution < -0.4 is 5.32 Å². The minimum Gasteiger partial charge on any atom is -0.478 e. The number of hydrogen-bond acceptors (Lipinski definition) is 4. The average molecular weight is 262 g/mol. The molecule has 0 unspecified atom stereocenters. The highest BCUT2D eigenvalue weighted by molar-refractivity contribution is 7.09. The van der Waals surface area contributed by atoms with Crippen molar-refractivity contribution < 1.29 is 14.7 Å². The molecule has 5 nitrogen and oxygen atoms in total. The van der Waals surface area contributed by atoms with Crippen molar-refractivity contribution in [3.05, 3.63) is 52.0 Å². The summed E-state index contributed by atoms with van der Waals surface area (Å²) in [4.78, 5) is 27.2. The van der Waals surface area contributed by atoms with E-state index in [1.54, 1.807) is 11.3 Å². The number of carbonyl (C=O) groups excluding carboxylic acids is 1. The monoisotopic (exact) mass is 262 g/mol. The summed E-state index contributed by atoms with van der Waals surface area (Å²) >= 11 is 1.55. The van der Waals surface area contributed by atoms with Crippen LogP contribution in [0, 0.1) is 0 Å². The van der Waals surface area contributed by atoms with Crippen LogP contribution in [0.4, 0.5) is 0 Å². The first-order valence-corrected chi connectivity index (χ1v) is 6.04. The molecule has 0 saturated carbocycles. The lowest BCUT2D eigenvalue weighted by atomic mass is 10.2. The number of pyridine rings is 1. The Labute approximate surface area is 107 Å². The van der Waals surface area contributed by atoms with Gasteiger partial charge in [-0.3, -0.25) is 9.78 Å². The Morgan fingerprint density at radius 1 is 1.33 bits per heavy atom. The van der Waals surface area contributed by atoms with Gasteiger partial charge in [0.1, 0.15) is 5.69 Å². The highest BCUT2D eigenvalue weighted by atomic mass is 32.1. The number of aromatic nitrogens is 1. The van der Waals surface area contributed by atoms with Gasteiger partial charge in [-0.25, -0.2) is 4.79 Å². The van der Waals surface area contributed by atoms with Gasteiger partial charge >= 0.3 is 5.97 Å². The SMILES string of the molecule is O=C(O)c1ccc(C(=O)NCc2cccs2)nc1. The highest BCUT2D eigenvalue weighted by Crippen LogP contribution is 2.08. The Hall–Kier alpha value is -2.21. The number of thiophene rings is 1. The van der Waals surface area contributed by atoms with Crippen molar-refractivity contribution in [1.29, 1.82) is 0 Å². The minimum atomic E-state index is -1.06. The first-order chi connectivity index (χ1) is 8.66. The molecule has 0 bridgehead atoms. The standard InChI is InChI=1S/C12H10N2O3S/c15-11(14-7-9-2-1-5-18-9)10-4-3-8(6-13-10)12(16)17/h1-6H,7H2,(H,14,15)(H,16,17). The largest absolute Gasteiger partial charge is 0.478 e. The average Bonchev–Trinajstić information content (AvgIpc) is 2.89. The molecule has 0 aliphatic rings. The van der Waals surface area contributed by atoms with E-state index in [0.717, 1.165) is 4.88 Å². The summed E-state index contributed by atoms with van der Waals surface area (Å²) < 4.78 is 0. The summed E-state index contributed by atoms with van der Waals surface area (Å²) in [5.74, 6) is -1.38. The molecular weight excluding hydrogens is 252 g/mol. The van der Waals surface area contributed by atoms with Crippen LogP contribution in [-0.4, -0.2) is 22.0 Å². The number of amides is 1. The van der Waals surface area contributed by atoms with Gasteiger partial charge in [-0.1, -0.05) is 6.07 Å². The zero-order valence-corrected chi connectivity index (χ0v) is 10.1. The maximum Gasteiger partial charge on any atom is 0.337 e. The summed E-state index contributed by atoms with van der Waals surface area (Å²) in [6.07, 6.45) is 1.17. The van der Waals surface area contributed by atoms with Crippen LogP contribution in [0.1, 0.15) is 25.7 Å². The van der Waals surface area contributed by atoms with E-state index in [2.05, 4.69) is 10.3 Å². The Bertz CT molecular complexity index is 549. The van der Waals surface area contributed by atoms with Crippen molar-refractivity contribution >= 4 is 23.2 Å². The highest BCUT2D eigenvalue weighted by Gasteiger charge is 2.09. The molecule has 0 spiro atoms. The predicted molar refractivity (Wildman–Crippen MR) is 66.7 cm³/mol. The number of hydrogen-bond donors (Lipinski definition) is 2. The lowest BCUT2D eigenvalue weighted by Crippen LogP contribution is -2.23. The zero-order valence-electron chi connectivity index (χ0n) is 9.29. The molecule has 0 aliphatic carbocycles. The van der Waals surface area contributed by atoms with Crippen LogP contribution in [0.15, 0.2) is 35.8 Å². The van der Waals surface area contributed by atoms with Gasteiger partial charge in [0.15, 0.2) is 0 Å². The zero-order chi connectivity index (χ0) is 13.0. The van der Waals surface area contributed by atoms with E-state index in [0.29, 0.717) is 6.54 Å². The van der Waals surface area contributed by atoms with Crippen molar-refractivity contribution in [3.8, 4) is 0 Å². The molecule has 6 heteroatoms. The second kappa shape index (κ2) is 5.42. The summed E-state index contributed by atoms with van der Waals surface area (Å²) in [6.45, 7) is 0.443. The lowest BCUT2D eigenvalue weighted by molar-refractivity contribution is 0.0695. The first kappa shape index (κ1) is 12.3. The number of aromatic carboxylic acids is 1. The quantitative estimate of drug-likeness (QED) is 0.880. The Morgan fingerprint density at radius 2 is 2.17 bits per heavy atom. The normalized spacial score (nSPS) is 10.0. The van der Waals surface area contributed by atoms with Crippen LogP contribution in [0.5, 0.6) is 0 Å². The molecule has 0 atom stereocenters.